The van der Waals surface area contributed by atoms with Gasteiger partial charge >= 0.3 is 0 Å². The molecule has 1 atom stereocenters. The molecule has 1 unspecified atom stereocenters. The van der Waals surface area contributed by atoms with E-state index in [1.54, 1.807) is 36.7 Å². The molecule has 2 heterocycles. The number of nitrogens with one attached hydrogen (secondary N) is 1. The van der Waals surface area contributed by atoms with Crippen LogP contribution in [0.4, 0.5) is 0 Å². The first-order valence-corrected chi connectivity index (χ1v) is 10.7. The first-order valence-electron chi connectivity index (χ1n) is 9.25. The second-order valence-corrected chi connectivity index (χ2v) is 8.77. The van der Waals surface area contributed by atoms with Crippen molar-refractivity contribution < 1.29 is 13.2 Å². The molecule has 1 amide bonds. The fraction of sp³-hybridized carbons (Fsp3) is 0.400. The Labute approximate surface area is 160 Å². The SMILES string of the molecule is CC(NC(=O)CCc1ccc(S(=O)(=O)N2CCCC2)cc1)c1cccnc1. The summed E-state index contributed by atoms with van der Waals surface area (Å²) in [5, 5.41) is 2.96. The fourth-order valence-electron chi connectivity index (χ4n) is 3.19. The van der Waals surface area contributed by atoms with Gasteiger partial charge in [-0.15, -0.1) is 0 Å². The van der Waals surface area contributed by atoms with E-state index >= 15 is 0 Å². The predicted molar refractivity (Wildman–Crippen MR) is 104 cm³/mol. The second-order valence-electron chi connectivity index (χ2n) is 6.83. The molecule has 1 aromatic carbocycles. The lowest BCUT2D eigenvalue weighted by Gasteiger charge is -2.16. The molecule has 0 spiro atoms. The minimum atomic E-state index is -3.39. The number of rotatable bonds is 7. The Kier molecular flexibility index (Phi) is 6.23. The van der Waals surface area contributed by atoms with Gasteiger partial charge < -0.3 is 5.32 Å². The maximum atomic E-state index is 12.5. The Hall–Kier alpha value is -2.25. The monoisotopic (exact) mass is 387 g/mol. The van der Waals surface area contributed by atoms with Crippen LogP contribution in [0.3, 0.4) is 0 Å². The molecule has 1 saturated heterocycles. The zero-order valence-corrected chi connectivity index (χ0v) is 16.3. The van der Waals surface area contributed by atoms with E-state index in [0.29, 0.717) is 30.8 Å². The van der Waals surface area contributed by atoms with Crippen molar-refractivity contribution in [1.82, 2.24) is 14.6 Å². The summed E-state index contributed by atoms with van der Waals surface area (Å²) in [5.41, 5.74) is 1.90. The molecular formula is C20H25N3O3S. The summed E-state index contributed by atoms with van der Waals surface area (Å²) in [6.07, 6.45) is 6.20. The molecule has 2 aromatic rings. The highest BCUT2D eigenvalue weighted by Crippen LogP contribution is 2.21. The van der Waals surface area contributed by atoms with E-state index in [1.165, 1.54) is 4.31 Å². The maximum Gasteiger partial charge on any atom is 0.243 e. The molecule has 1 aliphatic heterocycles. The van der Waals surface area contributed by atoms with Gasteiger partial charge in [0, 0.05) is 31.9 Å². The van der Waals surface area contributed by atoms with Crippen LogP contribution in [0.25, 0.3) is 0 Å². The third kappa shape index (κ3) is 4.93. The standard InChI is InChI=1S/C20H25N3O3S/c1-16(18-5-4-12-21-15-18)22-20(24)11-8-17-6-9-19(10-7-17)27(25,26)23-13-2-3-14-23/h4-7,9-10,12,15-16H,2-3,8,11,13-14H2,1H3,(H,22,24). The number of benzene rings is 1. The van der Waals surface area contributed by atoms with Gasteiger partial charge in [0.1, 0.15) is 0 Å². The number of pyridine rings is 1. The van der Waals surface area contributed by atoms with Gasteiger partial charge in [0.15, 0.2) is 0 Å². The number of hydrogen-bond donors (Lipinski definition) is 1. The van der Waals surface area contributed by atoms with Crippen molar-refractivity contribution in [2.24, 2.45) is 0 Å². The molecule has 1 fully saturated rings. The lowest BCUT2D eigenvalue weighted by molar-refractivity contribution is -0.121. The van der Waals surface area contributed by atoms with Gasteiger partial charge in [-0.25, -0.2) is 8.42 Å². The molecule has 3 rings (SSSR count). The summed E-state index contributed by atoms with van der Waals surface area (Å²) < 4.78 is 26.6. The van der Waals surface area contributed by atoms with Crippen LogP contribution in [0.15, 0.2) is 53.7 Å². The van der Waals surface area contributed by atoms with Crippen molar-refractivity contribution in [2.45, 2.75) is 43.5 Å². The van der Waals surface area contributed by atoms with Crippen LogP contribution in [0.5, 0.6) is 0 Å². The minimum Gasteiger partial charge on any atom is -0.350 e. The lowest BCUT2D eigenvalue weighted by Crippen LogP contribution is -2.28. The second kappa shape index (κ2) is 8.63. The zero-order chi connectivity index (χ0) is 19.3. The predicted octanol–water partition coefficient (Wildman–Crippen LogP) is 2.68. The van der Waals surface area contributed by atoms with Crippen molar-refractivity contribution in [3.8, 4) is 0 Å². The van der Waals surface area contributed by atoms with E-state index in [0.717, 1.165) is 24.0 Å². The van der Waals surface area contributed by atoms with E-state index in [-0.39, 0.29) is 11.9 Å². The van der Waals surface area contributed by atoms with Gasteiger partial charge in [-0.05, 0) is 55.5 Å². The molecule has 144 valence electrons. The smallest absolute Gasteiger partial charge is 0.243 e. The lowest BCUT2D eigenvalue weighted by atomic mass is 10.1. The minimum absolute atomic E-state index is 0.0416. The van der Waals surface area contributed by atoms with E-state index in [9.17, 15) is 13.2 Å². The average molecular weight is 388 g/mol. The number of carbonyl (C=O) groups excluding carboxylic acids is 1. The molecule has 0 saturated carbocycles. The van der Waals surface area contributed by atoms with Crippen LogP contribution >= 0.6 is 0 Å². The molecule has 1 aliphatic rings. The van der Waals surface area contributed by atoms with Gasteiger partial charge in [0.05, 0.1) is 10.9 Å². The van der Waals surface area contributed by atoms with Crippen LogP contribution in [0.1, 0.15) is 43.4 Å². The topological polar surface area (TPSA) is 79.4 Å². The van der Waals surface area contributed by atoms with Crippen molar-refractivity contribution in [3.05, 3.63) is 59.9 Å². The first kappa shape index (κ1) is 19.5. The summed E-state index contributed by atoms with van der Waals surface area (Å²) >= 11 is 0. The first-order chi connectivity index (χ1) is 13.0. The van der Waals surface area contributed by atoms with E-state index in [4.69, 9.17) is 0 Å². The molecular weight excluding hydrogens is 362 g/mol. The normalized spacial score (nSPS) is 16.2. The Bertz CT molecular complexity index is 861. The number of sulfonamides is 1. The maximum absolute atomic E-state index is 12.5. The van der Waals surface area contributed by atoms with Gasteiger partial charge in [-0.2, -0.15) is 4.31 Å². The number of aromatic nitrogens is 1. The summed E-state index contributed by atoms with van der Waals surface area (Å²) in [4.78, 5) is 16.5. The quantitative estimate of drug-likeness (QED) is 0.792. The number of amides is 1. The van der Waals surface area contributed by atoms with Gasteiger partial charge in [0.2, 0.25) is 15.9 Å². The van der Waals surface area contributed by atoms with E-state index < -0.39 is 10.0 Å². The van der Waals surface area contributed by atoms with Crippen molar-refractivity contribution in [1.29, 1.82) is 0 Å². The summed E-state index contributed by atoms with van der Waals surface area (Å²) in [7, 11) is -3.39. The number of carbonyl (C=O) groups is 1. The number of nitrogens with zero attached hydrogens (tertiary/aromatic N) is 2. The van der Waals surface area contributed by atoms with Crippen LogP contribution in [-0.2, 0) is 21.2 Å². The fourth-order valence-corrected chi connectivity index (χ4v) is 4.71. The Morgan fingerprint density at radius 2 is 1.89 bits per heavy atom. The van der Waals surface area contributed by atoms with Gasteiger partial charge in [-0.3, -0.25) is 9.78 Å². The van der Waals surface area contributed by atoms with Crippen LogP contribution < -0.4 is 5.32 Å². The molecule has 6 nitrogen and oxygen atoms in total. The van der Waals surface area contributed by atoms with Gasteiger partial charge in [-0.1, -0.05) is 18.2 Å². The van der Waals surface area contributed by atoms with E-state index in [2.05, 4.69) is 10.3 Å². The van der Waals surface area contributed by atoms with Crippen molar-refractivity contribution in [3.63, 3.8) is 0 Å². The number of hydrogen-bond acceptors (Lipinski definition) is 4. The largest absolute Gasteiger partial charge is 0.350 e. The molecule has 7 heteroatoms. The Morgan fingerprint density at radius 3 is 2.52 bits per heavy atom. The molecule has 1 aromatic heterocycles. The Balaban J connectivity index is 1.53. The molecule has 0 aliphatic carbocycles. The molecule has 27 heavy (non-hydrogen) atoms. The highest BCUT2D eigenvalue weighted by molar-refractivity contribution is 7.89. The average Bonchev–Trinajstić information content (AvgIpc) is 3.23. The van der Waals surface area contributed by atoms with Crippen LogP contribution in [-0.4, -0.2) is 36.7 Å². The van der Waals surface area contributed by atoms with Crippen molar-refractivity contribution >= 4 is 15.9 Å². The zero-order valence-electron chi connectivity index (χ0n) is 15.5. The summed E-state index contributed by atoms with van der Waals surface area (Å²) in [6.45, 7) is 3.12. The third-order valence-corrected chi connectivity index (χ3v) is 6.74. The third-order valence-electron chi connectivity index (χ3n) is 4.83. The number of aryl methyl sites for hydroxylation is 1. The van der Waals surface area contributed by atoms with Crippen molar-refractivity contribution in [2.75, 3.05) is 13.1 Å². The van der Waals surface area contributed by atoms with Gasteiger partial charge in [0.25, 0.3) is 0 Å². The van der Waals surface area contributed by atoms with Crippen LogP contribution in [0.2, 0.25) is 0 Å². The summed E-state index contributed by atoms with van der Waals surface area (Å²) in [5.74, 6) is -0.0416. The van der Waals surface area contributed by atoms with Crippen LogP contribution in [0, 0.1) is 0 Å². The molecule has 1 N–H and O–H groups in total. The molecule has 0 radical (unpaired) electrons. The van der Waals surface area contributed by atoms with E-state index in [1.807, 2.05) is 19.1 Å². The molecule has 0 bridgehead atoms. The highest BCUT2D eigenvalue weighted by Gasteiger charge is 2.26. The highest BCUT2D eigenvalue weighted by atomic mass is 32.2. The Morgan fingerprint density at radius 1 is 1.19 bits per heavy atom. The summed E-state index contributed by atoms with van der Waals surface area (Å²) in [6, 6.07) is 10.5.